The van der Waals surface area contributed by atoms with Crippen LogP contribution in [0, 0.1) is 35.5 Å². The van der Waals surface area contributed by atoms with Crippen molar-refractivity contribution in [1.82, 2.24) is 0 Å². The fourth-order valence-electron chi connectivity index (χ4n) is 5.01. The van der Waals surface area contributed by atoms with Crippen LogP contribution in [0.3, 0.4) is 0 Å². The van der Waals surface area contributed by atoms with E-state index in [1.54, 1.807) is 0 Å². The van der Waals surface area contributed by atoms with Crippen LogP contribution >= 0.6 is 15.9 Å². The van der Waals surface area contributed by atoms with Gasteiger partial charge in [0.1, 0.15) is 6.61 Å². The molecule has 0 unspecified atom stereocenters. The Hall–Kier alpha value is -0.310. The first kappa shape index (κ1) is 9.69. The molecule has 5 saturated carbocycles. The Balaban J connectivity index is 1.56. The first-order valence-corrected chi connectivity index (χ1v) is 7.09. The lowest BCUT2D eigenvalue weighted by Gasteiger charge is -2.18. The highest BCUT2D eigenvalue weighted by Gasteiger charge is 2.78. The minimum atomic E-state index is -0.181. The van der Waals surface area contributed by atoms with Crippen molar-refractivity contribution in [2.45, 2.75) is 18.2 Å². The molecule has 0 N–H and O–H groups in total. The van der Waals surface area contributed by atoms with Gasteiger partial charge >= 0.3 is 5.97 Å². The van der Waals surface area contributed by atoms with Crippen molar-refractivity contribution in [2.75, 3.05) is 6.61 Å². The summed E-state index contributed by atoms with van der Waals surface area (Å²) in [5.41, 5.74) is 1.54. The fourth-order valence-corrected chi connectivity index (χ4v) is 6.25. The van der Waals surface area contributed by atoms with Crippen LogP contribution in [-0.4, -0.2) is 17.4 Å². The standard InChI is InChI=1S/C13H15BrO2/c1-5(15)16-3-2-6-9-7-4-8-10(9)11(8)12(7)13(6)14/h2,7-13H,3-4H2,1H3/b6-2+/t7-,8+,9-,10+,11+,12+,13-/m1/s1. The highest BCUT2D eigenvalue weighted by molar-refractivity contribution is 9.09. The van der Waals surface area contributed by atoms with Crippen LogP contribution in [0.2, 0.25) is 0 Å². The molecule has 5 aliphatic rings. The number of ether oxygens (including phenoxy) is 1. The van der Waals surface area contributed by atoms with E-state index in [0.717, 1.165) is 35.5 Å². The fraction of sp³-hybridized carbons (Fsp3) is 0.769. The van der Waals surface area contributed by atoms with E-state index in [4.69, 9.17) is 4.74 Å². The lowest BCUT2D eigenvalue weighted by molar-refractivity contribution is -0.139. The maximum Gasteiger partial charge on any atom is 0.302 e. The Morgan fingerprint density at radius 2 is 2.25 bits per heavy atom. The van der Waals surface area contributed by atoms with Crippen LogP contribution in [0.5, 0.6) is 0 Å². The summed E-state index contributed by atoms with van der Waals surface area (Å²) in [6.45, 7) is 1.93. The van der Waals surface area contributed by atoms with Crippen LogP contribution in [0.1, 0.15) is 13.3 Å². The van der Waals surface area contributed by atoms with Crippen molar-refractivity contribution in [3.63, 3.8) is 0 Å². The summed E-state index contributed by atoms with van der Waals surface area (Å²) in [7, 11) is 0. The summed E-state index contributed by atoms with van der Waals surface area (Å²) in [6.07, 6.45) is 3.63. The van der Waals surface area contributed by atoms with Crippen LogP contribution in [0.15, 0.2) is 11.6 Å². The third-order valence-corrected chi connectivity index (χ3v) is 6.44. The number of esters is 1. The largest absolute Gasteiger partial charge is 0.462 e. The molecule has 0 aliphatic heterocycles. The zero-order valence-electron chi connectivity index (χ0n) is 9.23. The Morgan fingerprint density at radius 1 is 1.44 bits per heavy atom. The summed E-state index contributed by atoms with van der Waals surface area (Å²) < 4.78 is 5.02. The van der Waals surface area contributed by atoms with Gasteiger partial charge in [-0.15, -0.1) is 0 Å². The van der Waals surface area contributed by atoms with Gasteiger partial charge in [0.15, 0.2) is 0 Å². The lowest BCUT2D eigenvalue weighted by atomic mass is 9.94. The lowest BCUT2D eigenvalue weighted by Crippen LogP contribution is -2.16. The Labute approximate surface area is 104 Å². The summed E-state index contributed by atoms with van der Waals surface area (Å²) in [4.78, 5) is 11.3. The molecule has 0 radical (unpaired) electrons. The van der Waals surface area contributed by atoms with Crippen LogP contribution in [-0.2, 0) is 9.53 Å². The summed E-state index contributed by atoms with van der Waals surface area (Å²) in [5.74, 6) is 5.62. The molecule has 6 bridgehead atoms. The van der Waals surface area contributed by atoms with Gasteiger partial charge in [-0.1, -0.05) is 21.5 Å². The van der Waals surface area contributed by atoms with E-state index in [0.29, 0.717) is 11.4 Å². The maximum absolute atomic E-state index is 10.7. The molecule has 0 amide bonds. The van der Waals surface area contributed by atoms with E-state index >= 15 is 0 Å². The van der Waals surface area contributed by atoms with E-state index in [2.05, 4.69) is 22.0 Å². The molecule has 5 rings (SSSR count). The van der Waals surface area contributed by atoms with Gasteiger partial charge in [-0.2, -0.15) is 0 Å². The SMILES string of the molecule is CC(=O)OC/C=C1\[C@@H]2[C@H]3C[C@@H]4[C@@H]([C@@H]42)[C@H]3[C@@H]1Br. The first-order valence-electron chi connectivity index (χ1n) is 6.17. The van der Waals surface area contributed by atoms with Gasteiger partial charge < -0.3 is 4.74 Å². The van der Waals surface area contributed by atoms with Crippen molar-refractivity contribution in [3.05, 3.63) is 11.6 Å². The van der Waals surface area contributed by atoms with Crippen LogP contribution in [0.25, 0.3) is 0 Å². The molecular formula is C13H15BrO2. The average molecular weight is 283 g/mol. The zero-order valence-corrected chi connectivity index (χ0v) is 10.8. The normalized spacial score (nSPS) is 57.1. The summed E-state index contributed by atoms with van der Waals surface area (Å²) in [6, 6.07) is 0. The van der Waals surface area contributed by atoms with Crippen molar-refractivity contribution < 1.29 is 9.53 Å². The van der Waals surface area contributed by atoms with Gasteiger partial charge in [-0.3, -0.25) is 4.79 Å². The van der Waals surface area contributed by atoms with Crippen molar-refractivity contribution in [3.8, 4) is 0 Å². The third-order valence-electron chi connectivity index (χ3n) is 5.30. The van der Waals surface area contributed by atoms with Crippen molar-refractivity contribution >= 4 is 21.9 Å². The van der Waals surface area contributed by atoms with Crippen molar-refractivity contribution in [1.29, 1.82) is 0 Å². The first-order chi connectivity index (χ1) is 7.70. The smallest absolute Gasteiger partial charge is 0.302 e. The number of rotatable bonds is 2. The summed E-state index contributed by atoms with van der Waals surface area (Å²) >= 11 is 3.85. The van der Waals surface area contributed by atoms with E-state index in [1.807, 2.05) is 0 Å². The number of halogens is 1. The quantitative estimate of drug-likeness (QED) is 0.442. The minimum Gasteiger partial charge on any atom is -0.462 e. The Morgan fingerprint density at radius 3 is 2.88 bits per heavy atom. The predicted molar refractivity (Wildman–Crippen MR) is 63.0 cm³/mol. The second-order valence-corrected chi connectivity index (χ2v) is 6.72. The monoisotopic (exact) mass is 282 g/mol. The third kappa shape index (κ3) is 0.969. The van der Waals surface area contributed by atoms with Crippen LogP contribution < -0.4 is 0 Å². The van der Waals surface area contributed by atoms with E-state index in [1.165, 1.54) is 18.9 Å². The number of allylic oxidation sites excluding steroid dienone is 1. The predicted octanol–water partition coefficient (Wildman–Crippen LogP) is 2.38. The molecule has 0 spiro atoms. The molecule has 2 nitrogen and oxygen atoms in total. The second kappa shape index (κ2) is 2.92. The molecule has 0 aromatic rings. The molecule has 0 aromatic heterocycles. The molecule has 0 aromatic carbocycles. The van der Waals surface area contributed by atoms with Gasteiger partial charge in [0, 0.05) is 11.8 Å². The number of hydrogen-bond donors (Lipinski definition) is 0. The number of carbonyl (C=O) groups excluding carboxylic acids is 1. The average Bonchev–Trinajstić information content (AvgIpc) is 2.62. The van der Waals surface area contributed by atoms with E-state index in [9.17, 15) is 4.79 Å². The Bertz CT molecular complexity index is 403. The van der Waals surface area contributed by atoms with E-state index < -0.39 is 0 Å². The highest BCUT2D eigenvalue weighted by atomic mass is 79.9. The van der Waals surface area contributed by atoms with Gasteiger partial charge in [0.2, 0.25) is 0 Å². The molecule has 16 heavy (non-hydrogen) atoms. The van der Waals surface area contributed by atoms with Gasteiger partial charge in [-0.05, 0) is 48.0 Å². The molecule has 5 aliphatic carbocycles. The Kier molecular flexibility index (Phi) is 1.77. The van der Waals surface area contributed by atoms with Crippen LogP contribution in [0.4, 0.5) is 0 Å². The molecule has 0 saturated heterocycles. The molecule has 0 heterocycles. The molecule has 86 valence electrons. The van der Waals surface area contributed by atoms with Gasteiger partial charge in [-0.25, -0.2) is 0 Å². The topological polar surface area (TPSA) is 26.3 Å². The molecule has 3 heteroatoms. The maximum atomic E-state index is 10.7. The molecular weight excluding hydrogens is 268 g/mol. The summed E-state index contributed by atoms with van der Waals surface area (Å²) in [5, 5.41) is 0. The number of alkyl halides is 1. The molecule has 5 fully saturated rings. The van der Waals surface area contributed by atoms with Gasteiger partial charge in [0.05, 0.1) is 0 Å². The minimum absolute atomic E-state index is 0.181. The van der Waals surface area contributed by atoms with E-state index in [-0.39, 0.29) is 5.97 Å². The molecule has 7 atom stereocenters. The second-order valence-electron chi connectivity index (χ2n) is 5.73. The highest BCUT2D eigenvalue weighted by Crippen LogP contribution is 2.82. The number of hydrogen-bond acceptors (Lipinski definition) is 2. The number of carbonyl (C=O) groups is 1. The van der Waals surface area contributed by atoms with Crippen molar-refractivity contribution in [2.24, 2.45) is 35.5 Å². The zero-order chi connectivity index (χ0) is 11.0. The van der Waals surface area contributed by atoms with Gasteiger partial charge in [0.25, 0.3) is 0 Å².